The van der Waals surface area contributed by atoms with Gasteiger partial charge in [0, 0.05) is 44.2 Å². The van der Waals surface area contributed by atoms with E-state index in [4.69, 9.17) is 4.42 Å². The molecule has 140 valence electrons. The Labute approximate surface area is 159 Å². The lowest BCUT2D eigenvalue weighted by Crippen LogP contribution is -2.28. The van der Waals surface area contributed by atoms with E-state index >= 15 is 0 Å². The summed E-state index contributed by atoms with van der Waals surface area (Å²) in [4.78, 5) is 14.2. The predicted molar refractivity (Wildman–Crippen MR) is 105 cm³/mol. The number of aromatic nitrogens is 2. The van der Waals surface area contributed by atoms with Crippen LogP contribution in [0.5, 0.6) is 0 Å². The monoisotopic (exact) mass is 364 g/mol. The second kappa shape index (κ2) is 9.52. The highest BCUT2D eigenvalue weighted by molar-refractivity contribution is 5.76. The normalized spacial score (nSPS) is 10.6. The fourth-order valence-corrected chi connectivity index (χ4v) is 2.72. The summed E-state index contributed by atoms with van der Waals surface area (Å²) < 4.78 is 5.62. The van der Waals surface area contributed by atoms with Gasteiger partial charge in [-0.1, -0.05) is 36.4 Å². The molecule has 6 heteroatoms. The van der Waals surface area contributed by atoms with Crippen molar-refractivity contribution in [2.24, 2.45) is 0 Å². The molecule has 6 nitrogen and oxygen atoms in total. The molecule has 0 aliphatic heterocycles. The van der Waals surface area contributed by atoms with Crippen molar-refractivity contribution in [1.29, 1.82) is 0 Å². The lowest BCUT2D eigenvalue weighted by Gasteiger charge is -2.19. The SMILES string of the molecule is CN(CCCNC(=O)CCc1nnc(-c2ccccc2)o1)c1ccccc1. The van der Waals surface area contributed by atoms with Crippen LogP contribution >= 0.6 is 0 Å². The molecule has 0 aliphatic carbocycles. The number of benzene rings is 2. The van der Waals surface area contributed by atoms with Crippen LogP contribution in [0.15, 0.2) is 65.1 Å². The van der Waals surface area contributed by atoms with Crippen molar-refractivity contribution in [2.45, 2.75) is 19.3 Å². The van der Waals surface area contributed by atoms with Gasteiger partial charge in [0.15, 0.2) is 0 Å². The zero-order valence-electron chi connectivity index (χ0n) is 15.5. The number of rotatable bonds is 9. The number of carbonyl (C=O) groups is 1. The highest BCUT2D eigenvalue weighted by Gasteiger charge is 2.10. The highest BCUT2D eigenvalue weighted by Crippen LogP contribution is 2.17. The molecular formula is C21H24N4O2. The number of nitrogens with zero attached hydrogens (tertiary/aromatic N) is 3. The number of anilines is 1. The maximum absolute atomic E-state index is 12.0. The Morgan fingerprint density at radius 1 is 1.04 bits per heavy atom. The molecule has 1 amide bonds. The van der Waals surface area contributed by atoms with Gasteiger partial charge in [0.25, 0.3) is 0 Å². The summed E-state index contributed by atoms with van der Waals surface area (Å²) in [5, 5.41) is 11.0. The molecule has 27 heavy (non-hydrogen) atoms. The van der Waals surface area contributed by atoms with Crippen molar-refractivity contribution in [3.05, 3.63) is 66.6 Å². The first-order valence-electron chi connectivity index (χ1n) is 9.13. The summed E-state index contributed by atoms with van der Waals surface area (Å²) in [5.41, 5.74) is 2.05. The molecule has 0 aliphatic rings. The Hall–Kier alpha value is -3.15. The first-order valence-corrected chi connectivity index (χ1v) is 9.13. The Kier molecular flexibility index (Phi) is 6.57. The maximum atomic E-state index is 12.0. The van der Waals surface area contributed by atoms with Crippen molar-refractivity contribution >= 4 is 11.6 Å². The number of amides is 1. The van der Waals surface area contributed by atoms with E-state index in [1.165, 1.54) is 5.69 Å². The average molecular weight is 364 g/mol. The van der Waals surface area contributed by atoms with E-state index in [0.717, 1.165) is 18.5 Å². The summed E-state index contributed by atoms with van der Waals surface area (Å²) in [6.45, 7) is 1.53. The number of carbonyl (C=O) groups excluding carboxylic acids is 1. The predicted octanol–water partition coefficient (Wildman–Crippen LogP) is 3.31. The van der Waals surface area contributed by atoms with Gasteiger partial charge >= 0.3 is 0 Å². The fourth-order valence-electron chi connectivity index (χ4n) is 2.72. The van der Waals surface area contributed by atoms with Gasteiger partial charge in [-0.25, -0.2) is 0 Å². The highest BCUT2D eigenvalue weighted by atomic mass is 16.4. The van der Waals surface area contributed by atoms with Crippen LogP contribution in [0.25, 0.3) is 11.5 Å². The van der Waals surface area contributed by atoms with Crippen LogP contribution < -0.4 is 10.2 Å². The Bertz CT molecular complexity index is 834. The second-order valence-electron chi connectivity index (χ2n) is 6.33. The Balaban J connectivity index is 1.35. The first kappa shape index (κ1) is 18.6. The number of para-hydroxylation sites is 1. The molecule has 0 atom stereocenters. The van der Waals surface area contributed by atoms with Gasteiger partial charge in [-0.05, 0) is 30.7 Å². The zero-order valence-corrected chi connectivity index (χ0v) is 15.5. The Morgan fingerprint density at radius 2 is 1.74 bits per heavy atom. The van der Waals surface area contributed by atoms with Crippen molar-refractivity contribution in [1.82, 2.24) is 15.5 Å². The van der Waals surface area contributed by atoms with Gasteiger partial charge < -0.3 is 14.6 Å². The van der Waals surface area contributed by atoms with E-state index in [1.807, 2.05) is 48.5 Å². The van der Waals surface area contributed by atoms with Gasteiger partial charge in [-0.2, -0.15) is 0 Å². The standard InChI is InChI=1S/C21H24N4O2/c1-25(18-11-6-3-7-12-18)16-8-15-22-19(26)13-14-20-23-24-21(27-20)17-9-4-2-5-10-17/h2-7,9-12H,8,13-16H2,1H3,(H,22,26). The van der Waals surface area contributed by atoms with Crippen LogP contribution in [0.4, 0.5) is 5.69 Å². The maximum Gasteiger partial charge on any atom is 0.247 e. The minimum atomic E-state index is -0.00294. The molecule has 1 N–H and O–H groups in total. The number of hydrogen-bond acceptors (Lipinski definition) is 5. The quantitative estimate of drug-likeness (QED) is 0.590. The topological polar surface area (TPSA) is 71.3 Å². The minimum absolute atomic E-state index is 0.00294. The van der Waals surface area contributed by atoms with E-state index in [-0.39, 0.29) is 5.91 Å². The van der Waals surface area contributed by atoms with Crippen LogP contribution in [0.1, 0.15) is 18.7 Å². The average Bonchev–Trinajstić information content (AvgIpc) is 3.20. The summed E-state index contributed by atoms with van der Waals surface area (Å²) >= 11 is 0. The third kappa shape index (κ3) is 5.67. The van der Waals surface area contributed by atoms with Crippen LogP contribution in [-0.4, -0.2) is 36.2 Å². The van der Waals surface area contributed by atoms with Gasteiger partial charge in [-0.15, -0.1) is 10.2 Å². The van der Waals surface area contributed by atoms with Crippen LogP contribution in [0.2, 0.25) is 0 Å². The van der Waals surface area contributed by atoms with Gasteiger partial charge in [-0.3, -0.25) is 4.79 Å². The third-order valence-electron chi connectivity index (χ3n) is 4.24. The third-order valence-corrected chi connectivity index (χ3v) is 4.24. The largest absolute Gasteiger partial charge is 0.421 e. The summed E-state index contributed by atoms with van der Waals surface area (Å²) in [5.74, 6) is 0.958. The van der Waals surface area contributed by atoms with Gasteiger partial charge in [0.1, 0.15) is 0 Å². The summed E-state index contributed by atoms with van der Waals surface area (Å²) in [6, 6.07) is 19.8. The molecule has 0 fully saturated rings. The van der Waals surface area contributed by atoms with Crippen molar-refractivity contribution in [3.8, 4) is 11.5 Å². The molecule has 0 unspecified atom stereocenters. The molecule has 1 heterocycles. The number of nitrogens with one attached hydrogen (secondary N) is 1. The lowest BCUT2D eigenvalue weighted by atomic mass is 10.2. The van der Waals surface area contributed by atoms with E-state index in [1.54, 1.807) is 0 Å². The first-order chi connectivity index (χ1) is 13.2. The number of aryl methyl sites for hydroxylation is 1. The second-order valence-corrected chi connectivity index (χ2v) is 6.33. The van der Waals surface area contributed by atoms with E-state index in [9.17, 15) is 4.79 Å². The molecule has 0 bridgehead atoms. The zero-order chi connectivity index (χ0) is 18.9. The summed E-state index contributed by atoms with van der Waals surface area (Å²) in [7, 11) is 2.05. The summed E-state index contributed by atoms with van der Waals surface area (Å²) in [6.07, 6.45) is 1.66. The molecule has 3 rings (SSSR count). The molecule has 1 aromatic heterocycles. The molecule has 2 aromatic carbocycles. The van der Waals surface area contributed by atoms with Crippen LogP contribution in [0, 0.1) is 0 Å². The van der Waals surface area contributed by atoms with E-state index < -0.39 is 0 Å². The van der Waals surface area contributed by atoms with Gasteiger partial charge in [0.05, 0.1) is 0 Å². The van der Waals surface area contributed by atoms with Crippen molar-refractivity contribution in [3.63, 3.8) is 0 Å². The molecule has 0 saturated heterocycles. The van der Waals surface area contributed by atoms with E-state index in [2.05, 4.69) is 39.6 Å². The number of hydrogen-bond donors (Lipinski definition) is 1. The lowest BCUT2D eigenvalue weighted by molar-refractivity contribution is -0.121. The molecule has 0 spiro atoms. The van der Waals surface area contributed by atoms with Gasteiger partial charge in [0.2, 0.25) is 17.7 Å². The Morgan fingerprint density at radius 3 is 2.48 bits per heavy atom. The molecule has 0 radical (unpaired) electrons. The van der Waals surface area contributed by atoms with Crippen molar-refractivity contribution < 1.29 is 9.21 Å². The molecule has 0 saturated carbocycles. The van der Waals surface area contributed by atoms with Crippen LogP contribution in [-0.2, 0) is 11.2 Å². The molecule has 3 aromatic rings. The van der Waals surface area contributed by atoms with Crippen molar-refractivity contribution in [2.75, 3.05) is 25.0 Å². The smallest absolute Gasteiger partial charge is 0.247 e. The molecular weight excluding hydrogens is 340 g/mol. The van der Waals surface area contributed by atoms with Crippen LogP contribution in [0.3, 0.4) is 0 Å². The minimum Gasteiger partial charge on any atom is -0.421 e. The van der Waals surface area contributed by atoms with E-state index in [0.29, 0.717) is 31.2 Å². The fraction of sp³-hybridized carbons (Fsp3) is 0.286.